The molecular formula is C16H21N5O2. The van der Waals surface area contributed by atoms with Crippen LogP contribution in [-0.2, 0) is 11.3 Å². The highest BCUT2D eigenvalue weighted by molar-refractivity contribution is 5.87. The number of aromatic nitrogens is 3. The molecule has 7 heteroatoms. The average Bonchev–Trinajstić information content (AvgIpc) is 3.11. The maximum Gasteiger partial charge on any atom is 0.222 e. The van der Waals surface area contributed by atoms with Gasteiger partial charge in [-0.2, -0.15) is 5.10 Å². The molecule has 0 aliphatic carbocycles. The van der Waals surface area contributed by atoms with Crippen LogP contribution in [0.1, 0.15) is 30.8 Å². The van der Waals surface area contributed by atoms with E-state index in [1.54, 1.807) is 18.2 Å². The molecule has 23 heavy (non-hydrogen) atoms. The Hall–Kier alpha value is -2.41. The number of aryl methyl sites for hydroxylation is 1. The molecular weight excluding hydrogens is 294 g/mol. The Labute approximate surface area is 134 Å². The van der Waals surface area contributed by atoms with Crippen LogP contribution in [0, 0.1) is 6.92 Å². The minimum absolute atomic E-state index is 0.121. The highest BCUT2D eigenvalue weighted by atomic mass is 16.3. The number of carbonyl (C=O) groups excluding carboxylic acids is 1. The van der Waals surface area contributed by atoms with Gasteiger partial charge >= 0.3 is 0 Å². The van der Waals surface area contributed by atoms with Crippen LogP contribution in [0.15, 0.2) is 24.4 Å². The summed E-state index contributed by atoms with van der Waals surface area (Å²) in [6.07, 6.45) is 2.87. The fourth-order valence-electron chi connectivity index (χ4n) is 2.89. The van der Waals surface area contributed by atoms with E-state index in [2.05, 4.69) is 20.3 Å². The molecule has 122 valence electrons. The minimum Gasteiger partial charge on any atom is -0.506 e. The summed E-state index contributed by atoms with van der Waals surface area (Å²) in [4.78, 5) is 17.7. The van der Waals surface area contributed by atoms with E-state index in [0.717, 1.165) is 25.2 Å². The van der Waals surface area contributed by atoms with Crippen molar-refractivity contribution in [3.8, 4) is 5.75 Å². The number of anilines is 1. The Morgan fingerprint density at radius 2 is 2.26 bits per heavy atom. The zero-order valence-corrected chi connectivity index (χ0v) is 13.4. The predicted molar refractivity (Wildman–Crippen MR) is 86.1 cm³/mol. The van der Waals surface area contributed by atoms with Crippen LogP contribution in [0.25, 0.3) is 0 Å². The van der Waals surface area contributed by atoms with E-state index >= 15 is 0 Å². The van der Waals surface area contributed by atoms with Crippen LogP contribution >= 0.6 is 0 Å². The molecule has 1 aliphatic rings. The average molecular weight is 315 g/mol. The van der Waals surface area contributed by atoms with Crippen LogP contribution < -0.4 is 5.32 Å². The van der Waals surface area contributed by atoms with Crippen LogP contribution in [0.4, 0.5) is 5.82 Å². The molecule has 2 aromatic heterocycles. The van der Waals surface area contributed by atoms with Crippen LogP contribution in [-0.4, -0.2) is 43.8 Å². The van der Waals surface area contributed by atoms with Gasteiger partial charge in [-0.05, 0) is 25.5 Å². The van der Waals surface area contributed by atoms with Gasteiger partial charge in [-0.3, -0.25) is 19.4 Å². The largest absolute Gasteiger partial charge is 0.506 e. The first-order valence-corrected chi connectivity index (χ1v) is 7.72. The van der Waals surface area contributed by atoms with Crippen molar-refractivity contribution >= 4 is 11.7 Å². The van der Waals surface area contributed by atoms with Crippen molar-refractivity contribution in [2.75, 3.05) is 18.4 Å². The number of nitrogens with zero attached hydrogens (tertiary/aromatic N) is 4. The molecule has 3 heterocycles. The smallest absolute Gasteiger partial charge is 0.222 e. The molecule has 1 amide bonds. The highest BCUT2D eigenvalue weighted by Crippen LogP contribution is 2.25. The van der Waals surface area contributed by atoms with Gasteiger partial charge in [-0.25, -0.2) is 0 Å². The van der Waals surface area contributed by atoms with Crippen LogP contribution in [0.3, 0.4) is 0 Å². The summed E-state index contributed by atoms with van der Waals surface area (Å²) >= 11 is 0. The Morgan fingerprint density at radius 3 is 3.04 bits per heavy atom. The minimum atomic E-state index is -0.121. The second-order valence-electron chi connectivity index (χ2n) is 5.96. The monoisotopic (exact) mass is 315 g/mol. The van der Waals surface area contributed by atoms with Gasteiger partial charge < -0.3 is 10.4 Å². The summed E-state index contributed by atoms with van der Waals surface area (Å²) in [5.74, 6) is 0.698. The number of pyridine rings is 1. The second kappa shape index (κ2) is 6.37. The lowest BCUT2D eigenvalue weighted by Crippen LogP contribution is -2.22. The van der Waals surface area contributed by atoms with Crippen LogP contribution in [0.5, 0.6) is 5.75 Å². The number of likely N-dealkylation sites (tertiary alicyclic amines) is 1. The molecule has 3 rings (SSSR count). The van der Waals surface area contributed by atoms with Crippen molar-refractivity contribution in [1.82, 2.24) is 19.7 Å². The van der Waals surface area contributed by atoms with Gasteiger partial charge in [0.15, 0.2) is 5.82 Å². The van der Waals surface area contributed by atoms with Crippen molar-refractivity contribution in [3.05, 3.63) is 35.8 Å². The van der Waals surface area contributed by atoms with Gasteiger partial charge in [0.1, 0.15) is 5.75 Å². The Balaban J connectivity index is 1.63. The Bertz CT molecular complexity index is 712. The highest BCUT2D eigenvalue weighted by Gasteiger charge is 2.25. The van der Waals surface area contributed by atoms with Gasteiger partial charge in [0.2, 0.25) is 5.91 Å². The molecule has 1 aliphatic heterocycles. The van der Waals surface area contributed by atoms with E-state index in [-0.39, 0.29) is 17.7 Å². The molecule has 1 unspecified atom stereocenters. The Morgan fingerprint density at radius 1 is 1.43 bits per heavy atom. The molecule has 0 radical (unpaired) electrons. The Kier molecular flexibility index (Phi) is 4.29. The van der Waals surface area contributed by atoms with E-state index in [0.29, 0.717) is 18.1 Å². The third-order valence-corrected chi connectivity index (χ3v) is 4.00. The molecule has 0 aromatic carbocycles. The maximum absolute atomic E-state index is 11.1. The second-order valence-corrected chi connectivity index (χ2v) is 5.96. The van der Waals surface area contributed by atoms with Crippen molar-refractivity contribution in [2.45, 2.75) is 32.9 Å². The molecule has 2 N–H and O–H groups in total. The lowest BCUT2D eigenvalue weighted by Gasteiger charge is -2.16. The molecule has 0 spiro atoms. The number of hydrogen-bond donors (Lipinski definition) is 2. The predicted octanol–water partition coefficient (Wildman–Crippen LogP) is 1.70. The zero-order valence-electron chi connectivity index (χ0n) is 13.4. The maximum atomic E-state index is 11.1. The van der Waals surface area contributed by atoms with E-state index in [4.69, 9.17) is 0 Å². The van der Waals surface area contributed by atoms with Gasteiger partial charge in [0, 0.05) is 44.5 Å². The molecule has 0 saturated carbocycles. The number of hydrogen-bond acceptors (Lipinski definition) is 5. The third kappa shape index (κ3) is 3.68. The first-order chi connectivity index (χ1) is 11.0. The molecule has 1 fully saturated rings. The summed E-state index contributed by atoms with van der Waals surface area (Å²) in [7, 11) is 0. The van der Waals surface area contributed by atoms with Gasteiger partial charge in [0.25, 0.3) is 0 Å². The van der Waals surface area contributed by atoms with E-state index in [1.807, 2.05) is 17.8 Å². The molecule has 0 bridgehead atoms. The molecule has 7 nitrogen and oxygen atoms in total. The number of rotatable bonds is 4. The zero-order chi connectivity index (χ0) is 16.4. The molecule has 1 atom stereocenters. The summed E-state index contributed by atoms with van der Waals surface area (Å²) in [5.41, 5.74) is 1.62. The van der Waals surface area contributed by atoms with Gasteiger partial charge in [-0.1, -0.05) is 0 Å². The van der Waals surface area contributed by atoms with E-state index in [9.17, 15) is 9.90 Å². The van der Waals surface area contributed by atoms with Gasteiger partial charge in [0.05, 0.1) is 11.7 Å². The molecule has 2 aromatic rings. The lowest BCUT2D eigenvalue weighted by molar-refractivity contribution is -0.114. The number of aromatic hydroxyl groups is 1. The summed E-state index contributed by atoms with van der Waals surface area (Å²) in [5, 5.41) is 17.0. The summed E-state index contributed by atoms with van der Waals surface area (Å²) in [6.45, 7) is 5.79. The normalized spacial score (nSPS) is 18.3. The number of amides is 1. The van der Waals surface area contributed by atoms with E-state index in [1.165, 1.54) is 6.92 Å². The van der Waals surface area contributed by atoms with Crippen molar-refractivity contribution in [2.24, 2.45) is 0 Å². The quantitative estimate of drug-likeness (QED) is 0.897. The first kappa shape index (κ1) is 15.5. The lowest BCUT2D eigenvalue weighted by atomic mass is 10.2. The van der Waals surface area contributed by atoms with Crippen molar-refractivity contribution in [3.63, 3.8) is 0 Å². The van der Waals surface area contributed by atoms with Crippen LogP contribution in [0.2, 0.25) is 0 Å². The standard InChI is InChI=1S/C16H21N5O2/c1-11-3-4-15(23)14(17-11)10-20-7-5-13(9-20)21-8-6-16(19-21)18-12(2)22/h3-4,6,8,13,23H,5,7,9-10H2,1-2H3,(H,18,19,22). The number of nitrogens with one attached hydrogen (secondary N) is 1. The first-order valence-electron chi connectivity index (χ1n) is 7.72. The van der Waals surface area contributed by atoms with Crippen molar-refractivity contribution < 1.29 is 9.90 Å². The third-order valence-electron chi connectivity index (χ3n) is 4.00. The summed E-state index contributed by atoms with van der Waals surface area (Å²) < 4.78 is 1.90. The van der Waals surface area contributed by atoms with Gasteiger partial charge in [-0.15, -0.1) is 0 Å². The topological polar surface area (TPSA) is 83.3 Å². The molecule has 1 saturated heterocycles. The van der Waals surface area contributed by atoms with Crippen molar-refractivity contribution in [1.29, 1.82) is 0 Å². The van der Waals surface area contributed by atoms with E-state index < -0.39 is 0 Å². The fraction of sp³-hybridized carbons (Fsp3) is 0.438. The number of carbonyl (C=O) groups is 1. The SMILES string of the molecule is CC(=O)Nc1ccn(C2CCN(Cc3nc(C)ccc3O)C2)n1. The fourth-order valence-corrected chi connectivity index (χ4v) is 2.89. The summed E-state index contributed by atoms with van der Waals surface area (Å²) in [6, 6.07) is 5.57.